The van der Waals surface area contributed by atoms with Crippen molar-refractivity contribution < 1.29 is 4.39 Å². The van der Waals surface area contributed by atoms with Crippen LogP contribution >= 0.6 is 0 Å². The van der Waals surface area contributed by atoms with E-state index in [1.165, 1.54) is 12.1 Å². The SMILES string of the molecule is CCNC(Cc1ccc(F)cc1)Cc1nccn1CC. The van der Waals surface area contributed by atoms with E-state index >= 15 is 0 Å². The molecular weight excluding hydrogens is 253 g/mol. The lowest BCUT2D eigenvalue weighted by atomic mass is 10.0. The number of nitrogens with zero attached hydrogens (tertiary/aromatic N) is 2. The van der Waals surface area contributed by atoms with Crippen molar-refractivity contribution in [1.29, 1.82) is 0 Å². The summed E-state index contributed by atoms with van der Waals surface area (Å²) in [6, 6.07) is 7.06. The Morgan fingerprint density at radius 1 is 1.20 bits per heavy atom. The van der Waals surface area contributed by atoms with Gasteiger partial charge in [0.1, 0.15) is 11.6 Å². The number of likely N-dealkylation sites (N-methyl/N-ethyl adjacent to an activating group) is 1. The van der Waals surface area contributed by atoms with Gasteiger partial charge < -0.3 is 9.88 Å². The zero-order valence-corrected chi connectivity index (χ0v) is 12.1. The summed E-state index contributed by atoms with van der Waals surface area (Å²) < 4.78 is 15.1. The molecule has 0 saturated heterocycles. The Kier molecular flexibility index (Phi) is 5.30. The zero-order chi connectivity index (χ0) is 14.4. The van der Waals surface area contributed by atoms with Crippen LogP contribution < -0.4 is 5.32 Å². The Balaban J connectivity index is 2.05. The number of aromatic nitrogens is 2. The van der Waals surface area contributed by atoms with E-state index in [1.54, 1.807) is 0 Å². The fraction of sp³-hybridized carbons (Fsp3) is 0.438. The van der Waals surface area contributed by atoms with Crippen LogP contribution in [0.2, 0.25) is 0 Å². The first-order chi connectivity index (χ1) is 9.72. The largest absolute Gasteiger partial charge is 0.335 e. The maximum absolute atomic E-state index is 12.9. The van der Waals surface area contributed by atoms with Crippen LogP contribution in [-0.2, 0) is 19.4 Å². The molecule has 1 N–H and O–H groups in total. The monoisotopic (exact) mass is 275 g/mol. The molecule has 1 aromatic carbocycles. The predicted octanol–water partition coefficient (Wildman–Crippen LogP) is 2.81. The van der Waals surface area contributed by atoms with Crippen molar-refractivity contribution in [3.63, 3.8) is 0 Å². The van der Waals surface area contributed by atoms with E-state index in [1.807, 2.05) is 24.5 Å². The molecule has 1 aromatic heterocycles. The van der Waals surface area contributed by atoms with Crippen LogP contribution in [0.1, 0.15) is 25.2 Å². The van der Waals surface area contributed by atoms with Gasteiger partial charge in [-0.1, -0.05) is 19.1 Å². The molecule has 0 bridgehead atoms. The van der Waals surface area contributed by atoms with Crippen molar-refractivity contribution in [3.05, 3.63) is 53.9 Å². The maximum Gasteiger partial charge on any atom is 0.123 e. The van der Waals surface area contributed by atoms with E-state index in [2.05, 4.69) is 28.7 Å². The first-order valence-electron chi connectivity index (χ1n) is 7.20. The van der Waals surface area contributed by atoms with Crippen molar-refractivity contribution in [2.45, 2.75) is 39.3 Å². The molecule has 1 heterocycles. The molecule has 0 aliphatic carbocycles. The summed E-state index contributed by atoms with van der Waals surface area (Å²) in [4.78, 5) is 4.43. The van der Waals surface area contributed by atoms with E-state index in [4.69, 9.17) is 0 Å². The van der Waals surface area contributed by atoms with Crippen molar-refractivity contribution in [2.75, 3.05) is 6.54 Å². The highest BCUT2D eigenvalue weighted by atomic mass is 19.1. The molecule has 1 atom stereocenters. The molecule has 0 radical (unpaired) electrons. The molecular formula is C16H22FN3. The van der Waals surface area contributed by atoms with E-state index in [-0.39, 0.29) is 5.82 Å². The van der Waals surface area contributed by atoms with E-state index < -0.39 is 0 Å². The number of benzene rings is 1. The highest BCUT2D eigenvalue weighted by Gasteiger charge is 2.12. The summed E-state index contributed by atoms with van der Waals surface area (Å²) >= 11 is 0. The van der Waals surface area contributed by atoms with Crippen LogP contribution in [0.3, 0.4) is 0 Å². The number of nitrogens with one attached hydrogen (secondary N) is 1. The minimum atomic E-state index is -0.185. The second-order valence-corrected chi connectivity index (χ2v) is 4.92. The lowest BCUT2D eigenvalue weighted by Crippen LogP contribution is -2.34. The van der Waals surface area contributed by atoms with E-state index in [9.17, 15) is 4.39 Å². The van der Waals surface area contributed by atoms with Gasteiger partial charge in [0.2, 0.25) is 0 Å². The Morgan fingerprint density at radius 3 is 2.60 bits per heavy atom. The molecule has 0 aliphatic rings. The van der Waals surface area contributed by atoms with Gasteiger partial charge >= 0.3 is 0 Å². The number of rotatable bonds is 7. The van der Waals surface area contributed by atoms with Gasteiger partial charge in [-0.25, -0.2) is 9.37 Å². The van der Waals surface area contributed by atoms with Crippen LogP contribution in [0, 0.1) is 5.82 Å². The van der Waals surface area contributed by atoms with Crippen molar-refractivity contribution >= 4 is 0 Å². The van der Waals surface area contributed by atoms with Crippen LogP contribution in [-0.4, -0.2) is 22.1 Å². The number of halogens is 1. The third-order valence-electron chi connectivity index (χ3n) is 3.46. The van der Waals surface area contributed by atoms with Gasteiger partial charge in [0.05, 0.1) is 0 Å². The molecule has 20 heavy (non-hydrogen) atoms. The van der Waals surface area contributed by atoms with Gasteiger partial charge in [-0.3, -0.25) is 0 Å². The maximum atomic E-state index is 12.9. The molecule has 0 aliphatic heterocycles. The molecule has 2 aromatic rings. The van der Waals surface area contributed by atoms with Gasteiger partial charge in [-0.05, 0) is 37.6 Å². The van der Waals surface area contributed by atoms with Crippen LogP contribution in [0.15, 0.2) is 36.7 Å². The first-order valence-corrected chi connectivity index (χ1v) is 7.20. The van der Waals surface area contributed by atoms with Gasteiger partial charge in [-0.2, -0.15) is 0 Å². The fourth-order valence-corrected chi connectivity index (χ4v) is 2.45. The minimum absolute atomic E-state index is 0.185. The third-order valence-corrected chi connectivity index (χ3v) is 3.46. The molecule has 0 amide bonds. The summed E-state index contributed by atoms with van der Waals surface area (Å²) in [5.74, 6) is 0.913. The smallest absolute Gasteiger partial charge is 0.123 e. The van der Waals surface area contributed by atoms with E-state index in [0.717, 1.165) is 37.3 Å². The molecule has 2 rings (SSSR count). The third kappa shape index (κ3) is 3.90. The highest BCUT2D eigenvalue weighted by molar-refractivity contribution is 5.17. The second kappa shape index (κ2) is 7.20. The van der Waals surface area contributed by atoms with Gasteiger partial charge in [0.25, 0.3) is 0 Å². The second-order valence-electron chi connectivity index (χ2n) is 4.92. The van der Waals surface area contributed by atoms with Gasteiger partial charge in [-0.15, -0.1) is 0 Å². The number of hydrogen-bond acceptors (Lipinski definition) is 2. The Labute approximate surface area is 119 Å². The van der Waals surface area contributed by atoms with Crippen molar-refractivity contribution in [3.8, 4) is 0 Å². The number of imidazole rings is 1. The van der Waals surface area contributed by atoms with Crippen molar-refractivity contribution in [2.24, 2.45) is 0 Å². The average Bonchev–Trinajstić information content (AvgIpc) is 2.89. The van der Waals surface area contributed by atoms with E-state index in [0.29, 0.717) is 6.04 Å². The molecule has 0 fully saturated rings. The van der Waals surface area contributed by atoms with Crippen LogP contribution in [0.5, 0.6) is 0 Å². The average molecular weight is 275 g/mol. The molecule has 3 nitrogen and oxygen atoms in total. The Hall–Kier alpha value is -1.68. The summed E-state index contributed by atoms with van der Waals surface area (Å²) in [6.07, 6.45) is 5.62. The number of hydrogen-bond donors (Lipinski definition) is 1. The summed E-state index contributed by atoms with van der Waals surface area (Å²) in [5.41, 5.74) is 1.15. The Bertz CT molecular complexity index is 519. The summed E-state index contributed by atoms with van der Waals surface area (Å²) in [7, 11) is 0. The number of aryl methyl sites for hydroxylation is 1. The highest BCUT2D eigenvalue weighted by Crippen LogP contribution is 2.10. The quantitative estimate of drug-likeness (QED) is 0.842. The predicted molar refractivity (Wildman–Crippen MR) is 79.2 cm³/mol. The molecule has 0 spiro atoms. The zero-order valence-electron chi connectivity index (χ0n) is 12.1. The van der Waals surface area contributed by atoms with Crippen LogP contribution in [0.4, 0.5) is 4.39 Å². The molecule has 0 saturated carbocycles. The normalized spacial score (nSPS) is 12.6. The van der Waals surface area contributed by atoms with Gasteiger partial charge in [0, 0.05) is 31.4 Å². The lowest BCUT2D eigenvalue weighted by molar-refractivity contribution is 0.498. The summed E-state index contributed by atoms with van der Waals surface area (Å²) in [6.45, 7) is 6.07. The molecule has 1 unspecified atom stereocenters. The first kappa shape index (κ1) is 14.7. The summed E-state index contributed by atoms with van der Waals surface area (Å²) in [5, 5.41) is 3.49. The van der Waals surface area contributed by atoms with Crippen LogP contribution in [0.25, 0.3) is 0 Å². The fourth-order valence-electron chi connectivity index (χ4n) is 2.45. The molecule has 4 heteroatoms. The Morgan fingerprint density at radius 2 is 1.95 bits per heavy atom. The van der Waals surface area contributed by atoms with Gasteiger partial charge in [0.15, 0.2) is 0 Å². The minimum Gasteiger partial charge on any atom is -0.335 e. The topological polar surface area (TPSA) is 29.9 Å². The van der Waals surface area contributed by atoms with Crippen molar-refractivity contribution in [1.82, 2.24) is 14.9 Å². The lowest BCUT2D eigenvalue weighted by Gasteiger charge is -2.18. The molecule has 108 valence electrons. The standard InChI is InChI=1S/C16H22FN3/c1-3-18-15(11-13-5-7-14(17)8-6-13)12-16-19-9-10-20(16)4-2/h5-10,15,18H,3-4,11-12H2,1-2H3.